The summed E-state index contributed by atoms with van der Waals surface area (Å²) in [5.41, 5.74) is 7.28. The van der Waals surface area contributed by atoms with Gasteiger partial charge in [-0.1, -0.05) is 12.1 Å². The molecule has 2 atom stereocenters. The smallest absolute Gasteiger partial charge is 0.306 e. The fraction of sp³-hybridized carbons (Fsp3) is 0.533. The number of hydrogen-bond acceptors (Lipinski definition) is 4. The highest BCUT2D eigenvalue weighted by Gasteiger charge is 2.28. The van der Waals surface area contributed by atoms with Crippen LogP contribution in [0.5, 0.6) is 0 Å². The first-order chi connectivity index (χ1) is 9.60. The number of piperidine rings is 1. The van der Waals surface area contributed by atoms with Crippen LogP contribution in [0, 0.1) is 5.92 Å². The number of rotatable bonds is 4. The first-order valence-electron chi connectivity index (χ1n) is 7.00. The Morgan fingerprint density at radius 2 is 2.20 bits per heavy atom. The van der Waals surface area contributed by atoms with Gasteiger partial charge < -0.3 is 15.4 Å². The van der Waals surface area contributed by atoms with Crippen LogP contribution in [0.2, 0.25) is 0 Å². The minimum atomic E-state index is -0.126. The van der Waals surface area contributed by atoms with Gasteiger partial charge in [-0.2, -0.15) is 0 Å². The van der Waals surface area contributed by atoms with E-state index in [2.05, 4.69) is 26.9 Å². The number of halogens is 1. The van der Waals surface area contributed by atoms with Crippen molar-refractivity contribution >= 4 is 27.6 Å². The maximum Gasteiger partial charge on any atom is 0.306 e. The summed E-state index contributed by atoms with van der Waals surface area (Å²) in [7, 11) is 0. The van der Waals surface area contributed by atoms with Crippen molar-refractivity contribution in [3.8, 4) is 0 Å². The summed E-state index contributed by atoms with van der Waals surface area (Å²) in [4.78, 5) is 13.9. The van der Waals surface area contributed by atoms with Crippen LogP contribution in [0.15, 0.2) is 28.7 Å². The summed E-state index contributed by atoms with van der Waals surface area (Å²) < 4.78 is 6.10. The lowest BCUT2D eigenvalue weighted by molar-refractivity contribution is -0.144. The maximum absolute atomic E-state index is 11.6. The molecule has 1 fully saturated rings. The van der Waals surface area contributed by atoms with Gasteiger partial charge in [-0.15, -0.1) is 0 Å². The van der Waals surface area contributed by atoms with Gasteiger partial charge in [-0.3, -0.25) is 4.79 Å². The van der Waals surface area contributed by atoms with E-state index in [0.29, 0.717) is 13.0 Å². The van der Waals surface area contributed by atoms with E-state index < -0.39 is 0 Å². The van der Waals surface area contributed by atoms with Gasteiger partial charge >= 0.3 is 5.97 Å². The average molecular weight is 341 g/mol. The van der Waals surface area contributed by atoms with Crippen molar-refractivity contribution < 1.29 is 9.53 Å². The zero-order valence-corrected chi connectivity index (χ0v) is 13.3. The van der Waals surface area contributed by atoms with Gasteiger partial charge in [0.2, 0.25) is 0 Å². The van der Waals surface area contributed by atoms with Gasteiger partial charge in [0, 0.05) is 23.6 Å². The molecule has 0 saturated carbocycles. The molecule has 1 aliphatic rings. The van der Waals surface area contributed by atoms with Crippen molar-refractivity contribution in [2.24, 2.45) is 11.7 Å². The molecule has 1 heterocycles. The molecule has 2 unspecified atom stereocenters. The van der Waals surface area contributed by atoms with E-state index in [1.165, 1.54) is 0 Å². The lowest BCUT2D eigenvalue weighted by Crippen LogP contribution is -2.47. The second-order valence-corrected chi connectivity index (χ2v) is 6.08. The zero-order valence-electron chi connectivity index (χ0n) is 11.7. The van der Waals surface area contributed by atoms with E-state index in [4.69, 9.17) is 10.5 Å². The number of anilines is 1. The van der Waals surface area contributed by atoms with E-state index in [9.17, 15) is 4.79 Å². The molecule has 0 amide bonds. The number of benzene rings is 1. The molecule has 0 radical (unpaired) electrons. The van der Waals surface area contributed by atoms with E-state index in [0.717, 1.165) is 29.7 Å². The molecular weight excluding hydrogens is 320 g/mol. The summed E-state index contributed by atoms with van der Waals surface area (Å²) in [6, 6.07) is 8.20. The van der Waals surface area contributed by atoms with Gasteiger partial charge in [0.25, 0.3) is 0 Å². The Kier molecular flexibility index (Phi) is 5.43. The number of hydrogen-bond donors (Lipinski definition) is 1. The van der Waals surface area contributed by atoms with Crippen LogP contribution < -0.4 is 10.6 Å². The molecule has 2 N–H and O–H groups in total. The Morgan fingerprint density at radius 3 is 2.90 bits per heavy atom. The molecule has 20 heavy (non-hydrogen) atoms. The summed E-state index contributed by atoms with van der Waals surface area (Å²) >= 11 is 3.57. The average Bonchev–Trinajstić information content (AvgIpc) is 2.38. The molecule has 1 saturated heterocycles. The molecule has 0 bridgehead atoms. The van der Waals surface area contributed by atoms with Crippen LogP contribution in [-0.2, 0) is 9.53 Å². The Labute approximate surface area is 128 Å². The summed E-state index contributed by atoms with van der Waals surface area (Å²) in [6.07, 6.45) is 1.32. The largest absolute Gasteiger partial charge is 0.466 e. The molecule has 4 nitrogen and oxygen atoms in total. The van der Waals surface area contributed by atoms with Crippen LogP contribution in [0.25, 0.3) is 0 Å². The molecule has 1 aromatic rings. The number of nitrogens with zero attached hydrogens (tertiary/aromatic N) is 1. The molecule has 0 aromatic heterocycles. The second-order valence-electron chi connectivity index (χ2n) is 5.23. The SMILES string of the molecule is CCOC(=O)CC1CC(N)CN(c2ccccc2Br)C1. The van der Waals surface area contributed by atoms with E-state index in [1.54, 1.807) is 0 Å². The molecule has 2 rings (SSSR count). The fourth-order valence-corrected chi connectivity index (χ4v) is 3.29. The minimum absolute atomic E-state index is 0.0929. The van der Waals surface area contributed by atoms with E-state index >= 15 is 0 Å². The van der Waals surface area contributed by atoms with Gasteiger partial charge in [-0.05, 0) is 47.3 Å². The lowest BCUT2D eigenvalue weighted by atomic mass is 9.91. The number of carbonyl (C=O) groups excluding carboxylic acids is 1. The minimum Gasteiger partial charge on any atom is -0.466 e. The third-order valence-corrected chi connectivity index (χ3v) is 4.19. The first kappa shape index (κ1) is 15.3. The predicted octanol–water partition coefficient (Wildman–Crippen LogP) is 2.56. The molecule has 0 aliphatic carbocycles. The van der Waals surface area contributed by atoms with Gasteiger partial charge in [0.15, 0.2) is 0 Å². The predicted molar refractivity (Wildman–Crippen MR) is 83.7 cm³/mol. The van der Waals surface area contributed by atoms with Crippen molar-refractivity contribution in [2.45, 2.75) is 25.8 Å². The Hall–Kier alpha value is -1.07. The highest BCUT2D eigenvalue weighted by Crippen LogP contribution is 2.30. The molecule has 1 aromatic carbocycles. The molecule has 0 spiro atoms. The molecule has 5 heteroatoms. The molecule has 110 valence electrons. The summed E-state index contributed by atoms with van der Waals surface area (Å²) in [5, 5.41) is 0. The van der Waals surface area contributed by atoms with Crippen molar-refractivity contribution in [3.05, 3.63) is 28.7 Å². The summed E-state index contributed by atoms with van der Waals surface area (Å²) in [5.74, 6) is 0.128. The zero-order chi connectivity index (χ0) is 14.5. The highest BCUT2D eigenvalue weighted by molar-refractivity contribution is 9.10. The van der Waals surface area contributed by atoms with Crippen LogP contribution in [0.4, 0.5) is 5.69 Å². The van der Waals surface area contributed by atoms with Gasteiger partial charge in [0.1, 0.15) is 0 Å². The summed E-state index contributed by atoms with van der Waals surface area (Å²) in [6.45, 7) is 3.93. The van der Waals surface area contributed by atoms with Gasteiger partial charge in [0.05, 0.1) is 18.7 Å². The first-order valence-corrected chi connectivity index (χ1v) is 7.80. The quantitative estimate of drug-likeness (QED) is 0.856. The second kappa shape index (κ2) is 7.09. The van der Waals surface area contributed by atoms with Crippen LogP contribution in [0.3, 0.4) is 0 Å². The number of nitrogens with two attached hydrogens (primary N) is 1. The third kappa shape index (κ3) is 3.96. The number of carbonyl (C=O) groups is 1. The maximum atomic E-state index is 11.6. The van der Waals surface area contributed by atoms with Crippen LogP contribution >= 0.6 is 15.9 Å². The van der Waals surface area contributed by atoms with Crippen molar-refractivity contribution in [3.63, 3.8) is 0 Å². The number of esters is 1. The normalized spacial score (nSPS) is 22.6. The standard InChI is InChI=1S/C15H21BrN2O2/c1-2-20-15(19)8-11-7-12(17)10-18(9-11)14-6-4-3-5-13(14)16/h3-6,11-12H,2,7-10,17H2,1H3. The number of para-hydroxylation sites is 1. The van der Waals surface area contributed by atoms with E-state index in [1.807, 2.05) is 25.1 Å². The Morgan fingerprint density at radius 1 is 1.45 bits per heavy atom. The van der Waals surface area contributed by atoms with Crippen molar-refractivity contribution in [1.29, 1.82) is 0 Å². The third-order valence-electron chi connectivity index (χ3n) is 3.52. The van der Waals surface area contributed by atoms with Crippen LogP contribution in [-0.4, -0.2) is 31.7 Å². The molecular formula is C15H21BrN2O2. The van der Waals surface area contributed by atoms with Crippen molar-refractivity contribution in [2.75, 3.05) is 24.6 Å². The Balaban J connectivity index is 2.05. The van der Waals surface area contributed by atoms with E-state index in [-0.39, 0.29) is 17.9 Å². The Bertz CT molecular complexity index is 467. The fourth-order valence-electron chi connectivity index (χ4n) is 2.75. The highest BCUT2D eigenvalue weighted by atomic mass is 79.9. The van der Waals surface area contributed by atoms with Crippen molar-refractivity contribution in [1.82, 2.24) is 0 Å². The topological polar surface area (TPSA) is 55.6 Å². The monoisotopic (exact) mass is 340 g/mol. The van der Waals surface area contributed by atoms with Crippen LogP contribution in [0.1, 0.15) is 19.8 Å². The molecule has 1 aliphatic heterocycles. The lowest BCUT2D eigenvalue weighted by Gasteiger charge is -2.38. The number of ether oxygens (including phenoxy) is 1. The van der Waals surface area contributed by atoms with Gasteiger partial charge in [-0.25, -0.2) is 0 Å².